The highest BCUT2D eigenvalue weighted by Crippen LogP contribution is 2.34. The average Bonchev–Trinajstić information content (AvgIpc) is 3.24. The Morgan fingerprint density at radius 2 is 1.80 bits per heavy atom. The van der Waals surface area contributed by atoms with E-state index in [1.807, 2.05) is 71.3 Å². The van der Waals surface area contributed by atoms with Crippen molar-refractivity contribution in [2.45, 2.75) is 5.16 Å². The van der Waals surface area contributed by atoms with E-state index >= 15 is 0 Å². The molecule has 174 valence electrons. The fraction of sp³-hybridized carbons (Fsp3) is 0.0769. The molecule has 4 aromatic carbocycles. The molecule has 0 radical (unpaired) electrons. The number of hydrogen-bond acceptors (Lipinski definition) is 6. The molecule has 0 spiro atoms. The van der Waals surface area contributed by atoms with Gasteiger partial charge in [-0.2, -0.15) is 0 Å². The number of anilines is 1. The van der Waals surface area contributed by atoms with E-state index in [1.54, 1.807) is 13.2 Å². The Bertz CT molecular complexity index is 1580. The largest absolute Gasteiger partial charge is 0.495 e. The Morgan fingerprint density at radius 3 is 2.60 bits per heavy atom. The lowest BCUT2D eigenvalue weighted by Gasteiger charge is -2.13. The van der Waals surface area contributed by atoms with Crippen LogP contribution in [-0.2, 0) is 4.79 Å². The number of methoxy groups -OCH3 is 1. The molecule has 1 aromatic heterocycles. The van der Waals surface area contributed by atoms with Crippen LogP contribution in [0.2, 0.25) is 0 Å². The monoisotopic (exact) mass is 484 g/mol. The van der Waals surface area contributed by atoms with Crippen molar-refractivity contribution >= 4 is 50.8 Å². The lowest BCUT2D eigenvalue weighted by atomic mass is 10.1. The molecular formula is C26H20N4O4S. The molecule has 1 amide bonds. The molecule has 0 aliphatic rings. The highest BCUT2D eigenvalue weighted by Gasteiger charge is 2.19. The number of nitrogens with one attached hydrogen (secondary N) is 1. The molecule has 0 atom stereocenters. The topological polar surface area (TPSA) is 99.3 Å². The van der Waals surface area contributed by atoms with E-state index in [0.717, 1.165) is 16.5 Å². The zero-order valence-corrected chi connectivity index (χ0v) is 19.5. The number of rotatable bonds is 7. The van der Waals surface area contributed by atoms with Gasteiger partial charge in [0.1, 0.15) is 5.75 Å². The van der Waals surface area contributed by atoms with Gasteiger partial charge in [-0.15, -0.1) is 0 Å². The molecule has 0 unspecified atom stereocenters. The number of para-hydroxylation sites is 2. The van der Waals surface area contributed by atoms with Gasteiger partial charge < -0.3 is 10.1 Å². The van der Waals surface area contributed by atoms with Crippen LogP contribution in [0.5, 0.6) is 5.75 Å². The third-order valence-electron chi connectivity index (χ3n) is 5.51. The van der Waals surface area contributed by atoms with Gasteiger partial charge in [-0.25, -0.2) is 4.98 Å². The molecule has 35 heavy (non-hydrogen) atoms. The summed E-state index contributed by atoms with van der Waals surface area (Å²) in [7, 11) is 1.58. The van der Waals surface area contributed by atoms with Gasteiger partial charge in [0.15, 0.2) is 5.16 Å². The smallest absolute Gasteiger partial charge is 0.271 e. The Kier molecular flexibility index (Phi) is 6.07. The first-order valence-electron chi connectivity index (χ1n) is 10.8. The van der Waals surface area contributed by atoms with Crippen LogP contribution in [0, 0.1) is 10.1 Å². The van der Waals surface area contributed by atoms with E-state index in [0.29, 0.717) is 27.6 Å². The molecule has 5 aromatic rings. The molecular weight excluding hydrogens is 464 g/mol. The van der Waals surface area contributed by atoms with Crippen molar-refractivity contribution in [2.75, 3.05) is 18.2 Å². The van der Waals surface area contributed by atoms with Gasteiger partial charge in [-0.05, 0) is 41.1 Å². The summed E-state index contributed by atoms with van der Waals surface area (Å²) in [6, 6.07) is 25.7. The molecule has 1 N–H and O–H groups in total. The number of carbonyl (C=O) groups is 1. The molecule has 8 nitrogen and oxygen atoms in total. The molecule has 0 bridgehead atoms. The van der Waals surface area contributed by atoms with Crippen LogP contribution in [0.4, 0.5) is 11.4 Å². The molecule has 0 saturated heterocycles. The number of nitro groups is 1. The highest BCUT2D eigenvalue weighted by molar-refractivity contribution is 7.99. The maximum absolute atomic E-state index is 12.8. The number of ether oxygens (including phenoxy) is 1. The van der Waals surface area contributed by atoms with Crippen molar-refractivity contribution in [3.63, 3.8) is 0 Å². The quantitative estimate of drug-likeness (QED) is 0.177. The van der Waals surface area contributed by atoms with E-state index in [1.165, 1.54) is 23.9 Å². The maximum atomic E-state index is 12.8. The van der Waals surface area contributed by atoms with Gasteiger partial charge in [-0.1, -0.05) is 54.2 Å². The van der Waals surface area contributed by atoms with Gasteiger partial charge in [0.2, 0.25) is 5.91 Å². The molecule has 0 aliphatic heterocycles. The summed E-state index contributed by atoms with van der Waals surface area (Å²) >= 11 is 1.25. The SMILES string of the molecule is COc1ccccc1-n1c(SCC(=O)Nc2ccc3ccccc3c2)nc2cc([N+](=O)[O-])ccc21. The summed E-state index contributed by atoms with van der Waals surface area (Å²) in [5, 5.41) is 16.9. The second-order valence-electron chi connectivity index (χ2n) is 7.73. The van der Waals surface area contributed by atoms with Crippen LogP contribution in [-0.4, -0.2) is 33.2 Å². The Balaban J connectivity index is 1.45. The normalized spacial score (nSPS) is 11.0. The number of amides is 1. The number of benzene rings is 4. The summed E-state index contributed by atoms with van der Waals surface area (Å²) < 4.78 is 7.38. The van der Waals surface area contributed by atoms with Gasteiger partial charge in [-0.3, -0.25) is 19.5 Å². The third kappa shape index (κ3) is 4.53. The first-order chi connectivity index (χ1) is 17.0. The standard InChI is InChI=1S/C26H20N4O4S/c1-34-24-9-5-4-8-23(24)29-22-13-12-20(30(32)33)15-21(22)28-26(29)35-16-25(31)27-19-11-10-17-6-2-3-7-18(17)14-19/h2-15H,16H2,1H3,(H,27,31). The summed E-state index contributed by atoms with van der Waals surface area (Å²) in [5.41, 5.74) is 2.53. The van der Waals surface area contributed by atoms with Gasteiger partial charge in [0, 0.05) is 17.8 Å². The molecule has 5 rings (SSSR count). The van der Waals surface area contributed by atoms with Crippen molar-refractivity contribution in [3.8, 4) is 11.4 Å². The van der Waals surface area contributed by atoms with Crippen LogP contribution in [0.15, 0.2) is 90.1 Å². The number of non-ortho nitro benzene ring substituents is 1. The third-order valence-corrected chi connectivity index (χ3v) is 6.45. The van der Waals surface area contributed by atoms with Crippen molar-refractivity contribution < 1.29 is 14.5 Å². The number of fused-ring (bicyclic) bond motifs is 2. The van der Waals surface area contributed by atoms with Crippen molar-refractivity contribution in [1.29, 1.82) is 0 Å². The van der Waals surface area contributed by atoms with Crippen LogP contribution >= 0.6 is 11.8 Å². The van der Waals surface area contributed by atoms with E-state index in [9.17, 15) is 14.9 Å². The second-order valence-corrected chi connectivity index (χ2v) is 8.67. The maximum Gasteiger partial charge on any atom is 0.271 e. The molecule has 0 fully saturated rings. The van der Waals surface area contributed by atoms with Crippen molar-refractivity contribution in [2.24, 2.45) is 0 Å². The molecule has 0 saturated carbocycles. The lowest BCUT2D eigenvalue weighted by Crippen LogP contribution is -2.14. The molecule has 9 heteroatoms. The number of thioether (sulfide) groups is 1. The fourth-order valence-electron chi connectivity index (χ4n) is 3.90. The second kappa shape index (κ2) is 9.47. The van der Waals surface area contributed by atoms with Gasteiger partial charge in [0.25, 0.3) is 5.69 Å². The summed E-state index contributed by atoms with van der Waals surface area (Å²) in [4.78, 5) is 28.2. The minimum absolute atomic E-state index is 0.0484. The van der Waals surface area contributed by atoms with Crippen LogP contribution in [0.1, 0.15) is 0 Å². The van der Waals surface area contributed by atoms with Gasteiger partial charge >= 0.3 is 0 Å². The van der Waals surface area contributed by atoms with E-state index < -0.39 is 4.92 Å². The Labute approximate surface area is 204 Å². The molecule has 0 aliphatic carbocycles. The number of carbonyl (C=O) groups excluding carboxylic acids is 1. The first-order valence-corrected chi connectivity index (χ1v) is 11.7. The first kappa shape index (κ1) is 22.4. The number of hydrogen-bond donors (Lipinski definition) is 1. The van der Waals surface area contributed by atoms with Crippen LogP contribution in [0.3, 0.4) is 0 Å². The molecule has 1 heterocycles. The summed E-state index contributed by atoms with van der Waals surface area (Å²) in [6.07, 6.45) is 0. The van der Waals surface area contributed by atoms with E-state index in [-0.39, 0.29) is 17.3 Å². The van der Waals surface area contributed by atoms with Crippen LogP contribution in [0.25, 0.3) is 27.5 Å². The number of nitro benzene ring substituents is 1. The van der Waals surface area contributed by atoms with Gasteiger partial charge in [0.05, 0.1) is 34.5 Å². The lowest BCUT2D eigenvalue weighted by molar-refractivity contribution is -0.384. The Morgan fingerprint density at radius 1 is 1.03 bits per heavy atom. The number of aromatic nitrogens is 2. The fourth-order valence-corrected chi connectivity index (χ4v) is 4.72. The zero-order chi connectivity index (χ0) is 24.4. The Hall–Kier alpha value is -4.37. The highest BCUT2D eigenvalue weighted by atomic mass is 32.2. The van der Waals surface area contributed by atoms with Crippen LogP contribution < -0.4 is 10.1 Å². The van der Waals surface area contributed by atoms with E-state index in [4.69, 9.17) is 4.74 Å². The van der Waals surface area contributed by atoms with Crippen molar-refractivity contribution in [1.82, 2.24) is 9.55 Å². The predicted molar refractivity (Wildman–Crippen MR) is 138 cm³/mol. The number of imidazole rings is 1. The minimum atomic E-state index is -0.453. The number of nitrogens with zero attached hydrogens (tertiary/aromatic N) is 3. The summed E-state index contributed by atoms with van der Waals surface area (Å²) in [5.74, 6) is 0.537. The van der Waals surface area contributed by atoms with E-state index in [2.05, 4.69) is 10.3 Å². The van der Waals surface area contributed by atoms with Crippen molar-refractivity contribution in [3.05, 3.63) is 95.0 Å². The predicted octanol–water partition coefficient (Wildman–Crippen LogP) is 5.83. The average molecular weight is 485 g/mol. The summed E-state index contributed by atoms with van der Waals surface area (Å²) in [6.45, 7) is 0. The zero-order valence-electron chi connectivity index (χ0n) is 18.7. The minimum Gasteiger partial charge on any atom is -0.495 e.